The van der Waals surface area contributed by atoms with E-state index in [0.717, 1.165) is 25.7 Å². The number of halogens is 1. The summed E-state index contributed by atoms with van der Waals surface area (Å²) in [6.07, 6.45) is 5.50. The highest BCUT2D eigenvalue weighted by atomic mass is 32.2. The summed E-state index contributed by atoms with van der Waals surface area (Å²) in [5.74, 6) is 0.356. The highest BCUT2D eigenvalue weighted by Crippen LogP contribution is 2.29. The molecule has 1 fully saturated rings. The summed E-state index contributed by atoms with van der Waals surface area (Å²) in [6, 6.07) is 8.83. The molecule has 1 aliphatic rings. The SMILES string of the molecule is CC(C)Cn1c(SCC(=O)NC2(C#N)CCCCCC2)nnc1-c1ccccc1F. The van der Waals surface area contributed by atoms with Gasteiger partial charge in [-0.2, -0.15) is 5.26 Å². The van der Waals surface area contributed by atoms with Crippen LogP contribution >= 0.6 is 11.8 Å². The number of thioether (sulfide) groups is 1. The van der Waals surface area contributed by atoms with Crippen molar-refractivity contribution in [1.29, 1.82) is 5.26 Å². The lowest BCUT2D eigenvalue weighted by Crippen LogP contribution is -2.47. The molecule has 1 aromatic carbocycles. The molecule has 30 heavy (non-hydrogen) atoms. The minimum absolute atomic E-state index is 0.136. The van der Waals surface area contributed by atoms with Gasteiger partial charge in [0.25, 0.3) is 0 Å². The standard InChI is InChI=1S/C22H28FN5OS/c1-16(2)13-28-20(17-9-5-6-10-18(17)23)26-27-21(28)30-14-19(29)25-22(15-24)11-7-3-4-8-12-22/h5-6,9-10,16H,3-4,7-8,11-14H2,1-2H3,(H,25,29). The minimum atomic E-state index is -0.766. The molecule has 2 aromatic rings. The van der Waals surface area contributed by atoms with Crippen LogP contribution in [-0.2, 0) is 11.3 Å². The van der Waals surface area contributed by atoms with Crippen LogP contribution in [0.2, 0.25) is 0 Å². The molecule has 0 spiro atoms. The maximum atomic E-state index is 14.3. The largest absolute Gasteiger partial charge is 0.337 e. The third-order valence-corrected chi connectivity index (χ3v) is 6.23. The van der Waals surface area contributed by atoms with Crippen LogP contribution in [0.25, 0.3) is 11.4 Å². The van der Waals surface area contributed by atoms with Crippen LogP contribution in [0.3, 0.4) is 0 Å². The lowest BCUT2D eigenvalue weighted by Gasteiger charge is -2.26. The fourth-order valence-corrected chi connectivity index (χ4v) is 4.54. The minimum Gasteiger partial charge on any atom is -0.337 e. The molecule has 8 heteroatoms. The number of benzene rings is 1. The van der Waals surface area contributed by atoms with E-state index in [1.54, 1.807) is 18.2 Å². The van der Waals surface area contributed by atoms with Gasteiger partial charge in [0, 0.05) is 6.54 Å². The maximum Gasteiger partial charge on any atom is 0.231 e. The molecule has 1 aliphatic carbocycles. The summed E-state index contributed by atoms with van der Waals surface area (Å²) in [5.41, 5.74) is -0.373. The van der Waals surface area contributed by atoms with Gasteiger partial charge in [-0.05, 0) is 30.9 Å². The molecule has 0 atom stereocenters. The van der Waals surface area contributed by atoms with Crippen LogP contribution in [-0.4, -0.2) is 32.0 Å². The second-order valence-corrected chi connectivity index (χ2v) is 9.18. The molecule has 0 saturated heterocycles. The summed E-state index contributed by atoms with van der Waals surface area (Å²) >= 11 is 1.27. The Morgan fingerprint density at radius 1 is 1.27 bits per heavy atom. The van der Waals surface area contributed by atoms with E-state index in [1.807, 2.05) is 4.57 Å². The first-order valence-corrected chi connectivity index (χ1v) is 11.5. The summed E-state index contributed by atoms with van der Waals surface area (Å²) in [6.45, 7) is 4.74. The van der Waals surface area contributed by atoms with Crippen molar-refractivity contribution in [3.63, 3.8) is 0 Å². The summed E-state index contributed by atoms with van der Waals surface area (Å²) in [7, 11) is 0. The van der Waals surface area contributed by atoms with E-state index in [-0.39, 0.29) is 17.5 Å². The Morgan fingerprint density at radius 2 is 1.97 bits per heavy atom. The zero-order valence-corrected chi connectivity index (χ0v) is 18.3. The number of carbonyl (C=O) groups is 1. The molecule has 1 N–H and O–H groups in total. The van der Waals surface area contributed by atoms with E-state index >= 15 is 0 Å². The van der Waals surface area contributed by atoms with Gasteiger partial charge in [0.2, 0.25) is 5.91 Å². The smallest absolute Gasteiger partial charge is 0.231 e. The first-order valence-electron chi connectivity index (χ1n) is 10.5. The molecule has 1 aromatic heterocycles. The highest BCUT2D eigenvalue weighted by Gasteiger charge is 2.32. The summed E-state index contributed by atoms with van der Waals surface area (Å²) < 4.78 is 16.2. The molecule has 1 saturated carbocycles. The molecule has 0 radical (unpaired) electrons. The number of aromatic nitrogens is 3. The van der Waals surface area contributed by atoms with Gasteiger partial charge in [-0.1, -0.05) is 63.4 Å². The quantitative estimate of drug-likeness (QED) is 0.515. The second-order valence-electron chi connectivity index (χ2n) is 8.24. The third-order valence-electron chi connectivity index (χ3n) is 5.26. The Labute approximate surface area is 181 Å². The number of nitrogens with zero attached hydrogens (tertiary/aromatic N) is 4. The summed E-state index contributed by atoms with van der Waals surface area (Å²) in [5, 5.41) is 21.6. The van der Waals surface area contributed by atoms with Crippen LogP contribution in [0.4, 0.5) is 4.39 Å². The van der Waals surface area contributed by atoms with Gasteiger partial charge in [-0.3, -0.25) is 4.79 Å². The van der Waals surface area contributed by atoms with Gasteiger partial charge in [0.15, 0.2) is 11.0 Å². The lowest BCUT2D eigenvalue weighted by atomic mass is 9.92. The Kier molecular flexibility index (Phi) is 7.48. The van der Waals surface area contributed by atoms with Crippen LogP contribution in [0.5, 0.6) is 0 Å². The molecule has 6 nitrogen and oxygen atoms in total. The Bertz CT molecular complexity index is 912. The van der Waals surface area contributed by atoms with Gasteiger partial charge in [-0.25, -0.2) is 4.39 Å². The topological polar surface area (TPSA) is 83.6 Å². The first kappa shape index (κ1) is 22.3. The first-order chi connectivity index (χ1) is 14.4. The molecular weight excluding hydrogens is 401 g/mol. The van der Waals surface area contributed by atoms with Crippen molar-refractivity contribution in [3.8, 4) is 17.5 Å². The Balaban J connectivity index is 1.74. The van der Waals surface area contributed by atoms with Crippen molar-refractivity contribution in [1.82, 2.24) is 20.1 Å². The van der Waals surface area contributed by atoms with E-state index in [9.17, 15) is 14.4 Å². The zero-order chi connectivity index (χ0) is 21.6. The van der Waals surface area contributed by atoms with Gasteiger partial charge in [0.1, 0.15) is 11.4 Å². The molecular formula is C22H28FN5OS. The van der Waals surface area contributed by atoms with Crippen LogP contribution < -0.4 is 5.32 Å². The Morgan fingerprint density at radius 3 is 2.60 bits per heavy atom. The number of hydrogen-bond donors (Lipinski definition) is 1. The number of carbonyl (C=O) groups excluding carboxylic acids is 1. The number of rotatable bonds is 7. The van der Waals surface area contributed by atoms with E-state index in [4.69, 9.17) is 0 Å². The average molecular weight is 430 g/mol. The van der Waals surface area contributed by atoms with Crippen LogP contribution in [0.1, 0.15) is 52.4 Å². The van der Waals surface area contributed by atoms with Crippen molar-refractivity contribution in [3.05, 3.63) is 30.1 Å². The Hall–Kier alpha value is -2.40. The predicted octanol–water partition coefficient (Wildman–Crippen LogP) is 4.57. The van der Waals surface area contributed by atoms with E-state index < -0.39 is 5.54 Å². The lowest BCUT2D eigenvalue weighted by molar-refractivity contribution is -0.120. The van der Waals surface area contributed by atoms with Gasteiger partial charge in [0.05, 0.1) is 17.4 Å². The fraction of sp³-hybridized carbons (Fsp3) is 0.545. The maximum absolute atomic E-state index is 14.3. The van der Waals surface area contributed by atoms with Crippen molar-refractivity contribution < 1.29 is 9.18 Å². The van der Waals surface area contributed by atoms with Crippen molar-refractivity contribution in [2.24, 2.45) is 5.92 Å². The predicted molar refractivity (Wildman–Crippen MR) is 115 cm³/mol. The molecule has 1 amide bonds. The van der Waals surface area contributed by atoms with Crippen molar-refractivity contribution in [2.45, 2.75) is 69.6 Å². The molecule has 3 rings (SSSR count). The van der Waals surface area contributed by atoms with Crippen LogP contribution in [0.15, 0.2) is 29.4 Å². The molecule has 0 bridgehead atoms. The highest BCUT2D eigenvalue weighted by molar-refractivity contribution is 7.99. The number of hydrogen-bond acceptors (Lipinski definition) is 5. The monoisotopic (exact) mass is 429 g/mol. The van der Waals surface area contributed by atoms with E-state index in [2.05, 4.69) is 35.4 Å². The molecule has 160 valence electrons. The number of amides is 1. The number of nitriles is 1. The van der Waals surface area contributed by atoms with Crippen molar-refractivity contribution >= 4 is 17.7 Å². The normalized spacial score (nSPS) is 16.1. The second kappa shape index (κ2) is 10.1. The van der Waals surface area contributed by atoms with E-state index in [0.29, 0.717) is 41.8 Å². The molecule has 0 unspecified atom stereocenters. The van der Waals surface area contributed by atoms with Crippen LogP contribution in [0, 0.1) is 23.1 Å². The molecule has 0 aliphatic heterocycles. The van der Waals surface area contributed by atoms with Crippen molar-refractivity contribution in [2.75, 3.05) is 5.75 Å². The van der Waals surface area contributed by atoms with Gasteiger partial charge in [-0.15, -0.1) is 10.2 Å². The van der Waals surface area contributed by atoms with Gasteiger partial charge >= 0.3 is 0 Å². The third kappa shape index (κ3) is 5.39. The molecule has 1 heterocycles. The fourth-order valence-electron chi connectivity index (χ4n) is 3.80. The van der Waals surface area contributed by atoms with E-state index in [1.165, 1.54) is 17.8 Å². The zero-order valence-electron chi connectivity index (χ0n) is 17.5. The summed E-state index contributed by atoms with van der Waals surface area (Å²) in [4.78, 5) is 12.6. The number of nitrogens with one attached hydrogen (secondary N) is 1. The van der Waals surface area contributed by atoms with Gasteiger partial charge < -0.3 is 9.88 Å². The average Bonchev–Trinajstić information content (AvgIpc) is 2.94.